The van der Waals surface area contributed by atoms with E-state index in [4.69, 9.17) is 9.15 Å². The Balaban J connectivity index is 1.86. The molecule has 0 N–H and O–H groups in total. The monoisotopic (exact) mass is 313 g/mol. The summed E-state index contributed by atoms with van der Waals surface area (Å²) in [6.07, 6.45) is -5.11. The van der Waals surface area contributed by atoms with Crippen LogP contribution in [0.2, 0.25) is 0 Å². The SMILES string of the molecule is Cc1nnc(N2CCOC(c3ccccc3C(F)(F)F)C2)o1. The van der Waals surface area contributed by atoms with Crippen molar-refractivity contribution in [1.82, 2.24) is 10.2 Å². The number of halogens is 3. The van der Waals surface area contributed by atoms with Crippen molar-refractivity contribution in [1.29, 1.82) is 0 Å². The molecule has 2 aromatic rings. The molecule has 0 amide bonds. The van der Waals surface area contributed by atoms with Crippen LogP contribution in [0.5, 0.6) is 0 Å². The quantitative estimate of drug-likeness (QED) is 0.853. The zero-order valence-electron chi connectivity index (χ0n) is 11.8. The Morgan fingerprint density at radius 3 is 2.68 bits per heavy atom. The van der Waals surface area contributed by atoms with Crippen molar-refractivity contribution < 1.29 is 22.3 Å². The van der Waals surface area contributed by atoms with Crippen molar-refractivity contribution >= 4 is 6.01 Å². The van der Waals surface area contributed by atoms with Gasteiger partial charge in [0, 0.05) is 13.5 Å². The third-order valence-corrected chi connectivity index (χ3v) is 3.47. The number of ether oxygens (including phenoxy) is 1. The van der Waals surface area contributed by atoms with E-state index in [2.05, 4.69) is 10.2 Å². The Morgan fingerprint density at radius 2 is 2.00 bits per heavy atom. The summed E-state index contributed by atoms with van der Waals surface area (Å²) in [5.74, 6) is 0.411. The number of alkyl halides is 3. The van der Waals surface area contributed by atoms with E-state index in [1.807, 2.05) is 0 Å². The summed E-state index contributed by atoms with van der Waals surface area (Å²) in [5, 5.41) is 7.64. The van der Waals surface area contributed by atoms with Crippen LogP contribution in [0.25, 0.3) is 0 Å². The lowest BCUT2D eigenvalue weighted by Crippen LogP contribution is -2.39. The van der Waals surface area contributed by atoms with Crippen molar-refractivity contribution in [3.05, 3.63) is 41.3 Å². The van der Waals surface area contributed by atoms with Crippen LogP contribution in [0.1, 0.15) is 23.1 Å². The van der Waals surface area contributed by atoms with Crippen LogP contribution in [-0.4, -0.2) is 29.9 Å². The number of hydrogen-bond acceptors (Lipinski definition) is 5. The fraction of sp³-hybridized carbons (Fsp3) is 0.429. The van der Waals surface area contributed by atoms with E-state index in [9.17, 15) is 13.2 Å². The molecule has 1 unspecified atom stereocenters. The molecule has 2 heterocycles. The highest BCUT2D eigenvalue weighted by Gasteiger charge is 2.36. The maximum Gasteiger partial charge on any atom is 0.416 e. The lowest BCUT2D eigenvalue weighted by atomic mass is 10.0. The molecule has 118 valence electrons. The smallest absolute Gasteiger partial charge is 0.408 e. The molecule has 0 spiro atoms. The fourth-order valence-corrected chi connectivity index (χ4v) is 2.46. The molecule has 0 bridgehead atoms. The van der Waals surface area contributed by atoms with E-state index >= 15 is 0 Å². The van der Waals surface area contributed by atoms with Crippen molar-refractivity contribution in [3.63, 3.8) is 0 Å². The number of aromatic nitrogens is 2. The predicted octanol–water partition coefficient (Wildman–Crippen LogP) is 2.97. The zero-order valence-corrected chi connectivity index (χ0v) is 11.8. The van der Waals surface area contributed by atoms with Crippen LogP contribution in [0.4, 0.5) is 19.2 Å². The molecule has 0 radical (unpaired) electrons. The van der Waals surface area contributed by atoms with Crippen molar-refractivity contribution in [2.24, 2.45) is 0 Å². The van der Waals surface area contributed by atoms with Crippen LogP contribution < -0.4 is 4.90 Å². The minimum atomic E-state index is -4.41. The molecule has 1 fully saturated rings. The van der Waals surface area contributed by atoms with Crippen LogP contribution in [0.15, 0.2) is 28.7 Å². The molecule has 22 heavy (non-hydrogen) atoms. The highest BCUT2D eigenvalue weighted by molar-refractivity contribution is 5.35. The number of benzene rings is 1. The molecule has 1 atom stereocenters. The van der Waals surface area contributed by atoms with E-state index in [-0.39, 0.29) is 18.7 Å². The fourth-order valence-electron chi connectivity index (χ4n) is 2.46. The highest BCUT2D eigenvalue weighted by Crippen LogP contribution is 2.37. The highest BCUT2D eigenvalue weighted by atomic mass is 19.4. The standard InChI is InChI=1S/C14H14F3N3O2/c1-9-18-19-13(22-9)20-6-7-21-12(8-20)10-4-2-3-5-11(10)14(15,16)17/h2-5,12H,6-8H2,1H3. The topological polar surface area (TPSA) is 51.4 Å². The van der Waals surface area contributed by atoms with Gasteiger partial charge < -0.3 is 14.1 Å². The Hall–Kier alpha value is -2.09. The van der Waals surface area contributed by atoms with Gasteiger partial charge in [0.05, 0.1) is 18.7 Å². The van der Waals surface area contributed by atoms with Crippen LogP contribution in [-0.2, 0) is 10.9 Å². The molecule has 5 nitrogen and oxygen atoms in total. The molecule has 1 saturated heterocycles. The summed E-state index contributed by atoms with van der Waals surface area (Å²) in [6.45, 7) is 2.67. The van der Waals surface area contributed by atoms with Gasteiger partial charge in [-0.3, -0.25) is 0 Å². The summed E-state index contributed by atoms with van der Waals surface area (Å²) in [6, 6.07) is 5.75. The Labute approximate surface area is 124 Å². The average molecular weight is 313 g/mol. The Morgan fingerprint density at radius 1 is 1.23 bits per heavy atom. The molecule has 1 aliphatic rings. The van der Waals surface area contributed by atoms with Gasteiger partial charge in [-0.2, -0.15) is 13.2 Å². The third kappa shape index (κ3) is 2.92. The molecule has 1 aromatic heterocycles. The van der Waals surface area contributed by atoms with Gasteiger partial charge in [-0.05, 0) is 11.6 Å². The Kier molecular flexibility index (Phi) is 3.78. The second-order valence-electron chi connectivity index (χ2n) is 4.99. The molecule has 8 heteroatoms. The van der Waals surface area contributed by atoms with Crippen LogP contribution in [0, 0.1) is 6.92 Å². The lowest BCUT2D eigenvalue weighted by molar-refractivity contribution is -0.139. The van der Waals surface area contributed by atoms with Gasteiger partial charge in [0.1, 0.15) is 6.10 Å². The second kappa shape index (κ2) is 5.60. The molecule has 0 aliphatic carbocycles. The van der Waals surface area contributed by atoms with E-state index in [1.54, 1.807) is 17.9 Å². The first-order valence-corrected chi connectivity index (χ1v) is 6.78. The van der Waals surface area contributed by atoms with Gasteiger partial charge in [-0.25, -0.2) is 0 Å². The summed E-state index contributed by atoms with van der Waals surface area (Å²) in [4.78, 5) is 1.74. The average Bonchev–Trinajstić information content (AvgIpc) is 2.93. The summed E-state index contributed by atoms with van der Waals surface area (Å²) in [7, 11) is 0. The van der Waals surface area contributed by atoms with E-state index in [0.29, 0.717) is 18.5 Å². The minimum absolute atomic E-state index is 0.121. The normalized spacial score (nSPS) is 19.5. The van der Waals surface area contributed by atoms with Gasteiger partial charge in [-0.1, -0.05) is 23.3 Å². The van der Waals surface area contributed by atoms with Gasteiger partial charge >= 0.3 is 12.2 Å². The predicted molar refractivity (Wildman–Crippen MR) is 71.4 cm³/mol. The molecule has 3 rings (SSSR count). The first-order valence-electron chi connectivity index (χ1n) is 6.78. The second-order valence-corrected chi connectivity index (χ2v) is 4.99. The molecular formula is C14H14F3N3O2. The molecular weight excluding hydrogens is 299 g/mol. The number of hydrogen-bond donors (Lipinski definition) is 0. The largest absolute Gasteiger partial charge is 0.416 e. The van der Waals surface area contributed by atoms with Crippen molar-refractivity contribution in [3.8, 4) is 0 Å². The molecule has 1 aliphatic heterocycles. The van der Waals surface area contributed by atoms with E-state index < -0.39 is 17.8 Å². The third-order valence-electron chi connectivity index (χ3n) is 3.47. The Bertz CT molecular complexity index is 657. The first kappa shape index (κ1) is 14.8. The number of anilines is 1. The van der Waals surface area contributed by atoms with Crippen molar-refractivity contribution in [2.45, 2.75) is 19.2 Å². The van der Waals surface area contributed by atoms with Gasteiger partial charge in [0.25, 0.3) is 0 Å². The number of morpholine rings is 1. The molecule has 1 aromatic carbocycles. The number of nitrogens with zero attached hydrogens (tertiary/aromatic N) is 3. The number of rotatable bonds is 2. The maximum atomic E-state index is 13.1. The van der Waals surface area contributed by atoms with Crippen LogP contribution in [0.3, 0.4) is 0 Å². The first-order chi connectivity index (χ1) is 10.4. The van der Waals surface area contributed by atoms with Gasteiger partial charge in [0.15, 0.2) is 0 Å². The zero-order chi connectivity index (χ0) is 15.7. The van der Waals surface area contributed by atoms with Crippen molar-refractivity contribution in [2.75, 3.05) is 24.6 Å². The molecule has 0 saturated carbocycles. The van der Waals surface area contributed by atoms with Crippen LogP contribution >= 0.6 is 0 Å². The maximum absolute atomic E-state index is 13.1. The van der Waals surface area contributed by atoms with Gasteiger partial charge in [-0.15, -0.1) is 5.10 Å². The van der Waals surface area contributed by atoms with E-state index in [1.165, 1.54) is 12.1 Å². The van der Waals surface area contributed by atoms with Gasteiger partial charge in [0.2, 0.25) is 5.89 Å². The summed E-state index contributed by atoms with van der Waals surface area (Å²) in [5.41, 5.74) is -0.556. The minimum Gasteiger partial charge on any atom is -0.408 e. The lowest BCUT2D eigenvalue weighted by Gasteiger charge is -2.32. The number of aryl methyl sites for hydroxylation is 1. The van der Waals surface area contributed by atoms with E-state index in [0.717, 1.165) is 6.07 Å². The summed E-state index contributed by atoms with van der Waals surface area (Å²) >= 11 is 0. The summed E-state index contributed by atoms with van der Waals surface area (Å²) < 4.78 is 50.2.